The van der Waals surface area contributed by atoms with E-state index < -0.39 is 97.5 Å². The molecule has 96 heavy (non-hydrogen) atoms. The number of unbranched alkanes of at least 4 members (excludes halogenated alkanes) is 46. The van der Waals surface area contributed by atoms with E-state index >= 15 is 0 Å². The Labute approximate surface area is 588 Å². The van der Waals surface area contributed by atoms with E-state index in [4.69, 9.17) is 37.0 Å². The first-order chi connectivity index (χ1) is 46.4. The maximum Gasteiger partial charge on any atom is 0.472 e. The molecule has 0 fully saturated rings. The molecular formula is C77H150O17P2. The summed E-state index contributed by atoms with van der Waals surface area (Å²) >= 11 is 0. The topological polar surface area (TPSA) is 237 Å². The minimum absolute atomic E-state index is 0.104. The molecule has 2 unspecified atom stereocenters. The average molecular weight is 1410 g/mol. The van der Waals surface area contributed by atoms with Gasteiger partial charge < -0.3 is 33.8 Å². The van der Waals surface area contributed by atoms with Crippen LogP contribution in [0.4, 0.5) is 0 Å². The summed E-state index contributed by atoms with van der Waals surface area (Å²) in [6.07, 6.45) is 57.1. The second kappa shape index (κ2) is 68.8. The quantitative estimate of drug-likeness (QED) is 0.0222. The highest BCUT2D eigenvalue weighted by Crippen LogP contribution is 2.45. The maximum atomic E-state index is 13.1. The Balaban J connectivity index is 5.21. The van der Waals surface area contributed by atoms with Crippen molar-refractivity contribution < 1.29 is 80.2 Å². The molecule has 0 bridgehead atoms. The standard InChI is InChI=1S/C77H150O17P2/c1-7-9-11-13-15-17-19-21-23-24-25-26-27-29-31-33-37-41-49-55-61-76(81)93-72(65-87-74(79)59-53-47-40-36-32-30-28-22-20-18-16-14-12-10-8-2)67-91-95(83,84)89-63-71(78)64-90-96(85,86)92-68-73(66-88-75(80)60-54-48-44-43-46-52-58-70(5)6)94-77(82)62-56-50-42-38-34-35-39-45-51-57-69(3)4/h69-73,78H,7-68H2,1-6H3,(H,83,84)(H,85,86)/t71-,72-,73-/m1/s1. The summed E-state index contributed by atoms with van der Waals surface area (Å²) in [5.41, 5.74) is 0. The van der Waals surface area contributed by atoms with Gasteiger partial charge in [-0.2, -0.15) is 0 Å². The van der Waals surface area contributed by atoms with Crippen molar-refractivity contribution in [1.82, 2.24) is 0 Å². The van der Waals surface area contributed by atoms with E-state index in [1.54, 1.807) is 0 Å². The van der Waals surface area contributed by atoms with Crippen LogP contribution in [0.15, 0.2) is 0 Å². The highest BCUT2D eigenvalue weighted by Gasteiger charge is 2.30. The van der Waals surface area contributed by atoms with Gasteiger partial charge in [-0.25, -0.2) is 9.13 Å². The van der Waals surface area contributed by atoms with Crippen LogP contribution in [0.2, 0.25) is 0 Å². The van der Waals surface area contributed by atoms with Crippen molar-refractivity contribution in [1.29, 1.82) is 0 Å². The van der Waals surface area contributed by atoms with Crippen LogP contribution in [-0.2, 0) is 65.4 Å². The van der Waals surface area contributed by atoms with Gasteiger partial charge in [-0.3, -0.25) is 37.3 Å². The molecule has 0 rings (SSSR count). The summed E-state index contributed by atoms with van der Waals surface area (Å²) in [4.78, 5) is 72.8. The molecule has 0 aliphatic rings. The molecule has 0 heterocycles. The molecule has 0 aliphatic carbocycles. The lowest BCUT2D eigenvalue weighted by molar-refractivity contribution is -0.161. The molecule has 0 amide bonds. The number of phosphoric ester groups is 2. The molecule has 0 aromatic heterocycles. The Morgan fingerprint density at radius 2 is 0.479 bits per heavy atom. The van der Waals surface area contributed by atoms with Gasteiger partial charge in [0.2, 0.25) is 0 Å². The van der Waals surface area contributed by atoms with E-state index in [1.165, 1.54) is 212 Å². The predicted octanol–water partition coefficient (Wildman–Crippen LogP) is 22.7. The van der Waals surface area contributed by atoms with Gasteiger partial charge in [0.25, 0.3) is 0 Å². The van der Waals surface area contributed by atoms with Crippen molar-refractivity contribution in [3.63, 3.8) is 0 Å². The number of carbonyl (C=O) groups excluding carboxylic acids is 4. The van der Waals surface area contributed by atoms with Crippen LogP contribution in [0.1, 0.15) is 401 Å². The van der Waals surface area contributed by atoms with Gasteiger partial charge in [0, 0.05) is 25.7 Å². The number of aliphatic hydroxyl groups excluding tert-OH is 1. The van der Waals surface area contributed by atoms with Gasteiger partial charge in [-0.1, -0.05) is 350 Å². The minimum Gasteiger partial charge on any atom is -0.462 e. The lowest BCUT2D eigenvalue weighted by atomic mass is 10.0. The molecule has 3 N–H and O–H groups in total. The van der Waals surface area contributed by atoms with Crippen molar-refractivity contribution in [2.24, 2.45) is 11.8 Å². The molecule has 19 heteroatoms. The van der Waals surface area contributed by atoms with Crippen molar-refractivity contribution in [3.05, 3.63) is 0 Å². The van der Waals surface area contributed by atoms with Crippen LogP contribution < -0.4 is 0 Å². The van der Waals surface area contributed by atoms with Crippen LogP contribution in [0.25, 0.3) is 0 Å². The van der Waals surface area contributed by atoms with E-state index in [-0.39, 0.29) is 25.7 Å². The van der Waals surface area contributed by atoms with Crippen LogP contribution in [-0.4, -0.2) is 96.7 Å². The normalized spacial score (nSPS) is 14.0. The Bertz CT molecular complexity index is 1860. The molecule has 0 aromatic carbocycles. The van der Waals surface area contributed by atoms with E-state index in [2.05, 4.69) is 41.5 Å². The monoisotopic (exact) mass is 1410 g/mol. The summed E-state index contributed by atoms with van der Waals surface area (Å²) in [7, 11) is -9.91. The Morgan fingerprint density at radius 3 is 0.708 bits per heavy atom. The van der Waals surface area contributed by atoms with Crippen molar-refractivity contribution >= 4 is 39.5 Å². The zero-order valence-electron chi connectivity index (χ0n) is 62.7. The summed E-state index contributed by atoms with van der Waals surface area (Å²) < 4.78 is 68.5. The molecule has 0 aromatic rings. The van der Waals surface area contributed by atoms with E-state index in [9.17, 15) is 43.2 Å². The molecule has 0 radical (unpaired) electrons. The molecule has 0 saturated heterocycles. The van der Waals surface area contributed by atoms with Gasteiger partial charge in [-0.05, 0) is 37.5 Å². The van der Waals surface area contributed by atoms with E-state index in [0.29, 0.717) is 31.6 Å². The van der Waals surface area contributed by atoms with E-state index in [0.717, 1.165) is 102 Å². The largest absolute Gasteiger partial charge is 0.472 e. The molecule has 570 valence electrons. The molecule has 5 atom stereocenters. The van der Waals surface area contributed by atoms with Crippen LogP contribution >= 0.6 is 15.6 Å². The molecule has 0 saturated carbocycles. The van der Waals surface area contributed by atoms with Crippen LogP contribution in [0, 0.1) is 11.8 Å². The van der Waals surface area contributed by atoms with Gasteiger partial charge >= 0.3 is 39.5 Å². The molecular weight excluding hydrogens is 1260 g/mol. The molecule has 0 aliphatic heterocycles. The van der Waals surface area contributed by atoms with Crippen LogP contribution in [0.5, 0.6) is 0 Å². The fourth-order valence-electron chi connectivity index (χ4n) is 11.8. The van der Waals surface area contributed by atoms with Crippen molar-refractivity contribution in [2.45, 2.75) is 419 Å². The van der Waals surface area contributed by atoms with Gasteiger partial charge in [0.1, 0.15) is 19.3 Å². The highest BCUT2D eigenvalue weighted by molar-refractivity contribution is 7.47. The fraction of sp³-hybridized carbons (Fsp3) is 0.948. The Hall–Kier alpha value is -1.94. The van der Waals surface area contributed by atoms with Crippen LogP contribution in [0.3, 0.4) is 0 Å². The van der Waals surface area contributed by atoms with Gasteiger partial charge in [0.15, 0.2) is 12.2 Å². The zero-order valence-corrected chi connectivity index (χ0v) is 64.5. The average Bonchev–Trinajstić information content (AvgIpc) is 1.68. The summed E-state index contributed by atoms with van der Waals surface area (Å²) in [6.45, 7) is 9.49. The third-order valence-electron chi connectivity index (χ3n) is 18.0. The summed E-state index contributed by atoms with van der Waals surface area (Å²) in [5, 5.41) is 10.6. The number of aliphatic hydroxyl groups is 1. The number of phosphoric acid groups is 2. The smallest absolute Gasteiger partial charge is 0.462 e. The number of carbonyl (C=O) groups is 4. The second-order valence-electron chi connectivity index (χ2n) is 28.7. The maximum absolute atomic E-state index is 13.1. The predicted molar refractivity (Wildman–Crippen MR) is 391 cm³/mol. The first-order valence-corrected chi connectivity index (χ1v) is 43.0. The number of hydrogen-bond donors (Lipinski definition) is 3. The van der Waals surface area contributed by atoms with E-state index in [1.807, 2.05) is 0 Å². The fourth-order valence-corrected chi connectivity index (χ4v) is 13.4. The summed E-state index contributed by atoms with van der Waals surface area (Å²) in [6, 6.07) is 0. The third-order valence-corrected chi connectivity index (χ3v) is 19.9. The Kier molecular flexibility index (Phi) is 67.4. The number of esters is 4. The summed E-state index contributed by atoms with van der Waals surface area (Å²) in [5.74, 6) is -0.701. The number of hydrogen-bond acceptors (Lipinski definition) is 15. The molecule has 0 spiro atoms. The second-order valence-corrected chi connectivity index (χ2v) is 31.6. The first-order valence-electron chi connectivity index (χ1n) is 40.0. The lowest BCUT2D eigenvalue weighted by Gasteiger charge is -2.21. The van der Waals surface area contributed by atoms with Gasteiger partial charge in [0.05, 0.1) is 26.4 Å². The Morgan fingerprint density at radius 1 is 0.281 bits per heavy atom. The van der Waals surface area contributed by atoms with Crippen molar-refractivity contribution in [2.75, 3.05) is 39.6 Å². The first kappa shape index (κ1) is 94.1. The highest BCUT2D eigenvalue weighted by atomic mass is 31.2. The number of ether oxygens (including phenoxy) is 4. The van der Waals surface area contributed by atoms with Gasteiger partial charge in [-0.15, -0.1) is 0 Å². The zero-order chi connectivity index (χ0) is 70.7. The third kappa shape index (κ3) is 70.5. The van der Waals surface area contributed by atoms with Crippen molar-refractivity contribution in [3.8, 4) is 0 Å². The lowest BCUT2D eigenvalue weighted by Crippen LogP contribution is -2.30. The molecule has 17 nitrogen and oxygen atoms in total. The minimum atomic E-state index is -4.96. The SMILES string of the molecule is CCCCCCCCCCCCCCCCCCCCCCC(=O)O[C@H](COC(=O)CCCCCCCCCCCCCCCCC)COP(=O)(O)OC[C@@H](O)COP(=O)(O)OC[C@@H](COC(=O)CCCCCCCCC(C)C)OC(=O)CCCCCCCCCCCC(C)C. The number of rotatable bonds is 76.